The van der Waals surface area contributed by atoms with Crippen LogP contribution in [0.15, 0.2) is 70.3 Å². The third kappa shape index (κ3) is 11.9. The zero-order valence-electron chi connectivity index (χ0n) is 31.5. The van der Waals surface area contributed by atoms with Gasteiger partial charge in [-0.15, -0.1) is 0 Å². The molecule has 0 bridgehead atoms. The van der Waals surface area contributed by atoms with E-state index in [-0.39, 0.29) is 24.2 Å². The Labute approximate surface area is 321 Å². The Balaban J connectivity index is 1.57. The Kier molecular flexibility index (Phi) is 14.8. The first kappa shape index (κ1) is 42.6. The summed E-state index contributed by atoms with van der Waals surface area (Å²) in [5, 5.41) is 54.3. The van der Waals surface area contributed by atoms with Crippen molar-refractivity contribution in [1.29, 1.82) is 0 Å². The number of aliphatic hydroxyl groups excluding tert-OH is 2. The van der Waals surface area contributed by atoms with Crippen molar-refractivity contribution in [3.05, 3.63) is 104 Å². The Hall–Kier alpha value is -6.14. The van der Waals surface area contributed by atoms with E-state index in [0.29, 0.717) is 11.1 Å². The van der Waals surface area contributed by atoms with Gasteiger partial charge >= 0.3 is 11.4 Å². The van der Waals surface area contributed by atoms with Crippen LogP contribution >= 0.6 is 0 Å². The fourth-order valence-corrected chi connectivity index (χ4v) is 6.19. The van der Waals surface area contributed by atoms with Crippen LogP contribution in [0.1, 0.15) is 50.2 Å². The molecule has 0 saturated heterocycles. The van der Waals surface area contributed by atoms with Crippen molar-refractivity contribution in [3.8, 4) is 11.8 Å². The lowest BCUT2D eigenvalue weighted by Crippen LogP contribution is -2.61. The lowest BCUT2D eigenvalue weighted by molar-refractivity contribution is -0.132. The van der Waals surface area contributed by atoms with Crippen LogP contribution in [0.4, 0.5) is 0 Å². The molecular weight excluding hydrogens is 728 g/mol. The van der Waals surface area contributed by atoms with Crippen LogP contribution in [-0.4, -0.2) is 100 Å². The van der Waals surface area contributed by atoms with E-state index in [1.54, 1.807) is 88.4 Å². The van der Waals surface area contributed by atoms with E-state index in [0.717, 1.165) is 0 Å². The van der Waals surface area contributed by atoms with Gasteiger partial charge < -0.3 is 51.7 Å². The normalized spacial score (nSPS) is 14.6. The van der Waals surface area contributed by atoms with Crippen LogP contribution in [0, 0.1) is 11.8 Å². The number of aromatic hydroxyl groups is 2. The lowest BCUT2D eigenvalue weighted by Gasteiger charge is -2.35. The molecular formula is C38H50N8O10. The molecule has 18 heteroatoms. The highest BCUT2D eigenvalue weighted by Gasteiger charge is 2.37. The minimum atomic E-state index is -1.70. The molecule has 0 radical (unpaired) electrons. The number of aliphatic hydroxyl groups is 2. The van der Waals surface area contributed by atoms with Crippen LogP contribution in [0.5, 0.6) is 11.8 Å². The zero-order chi connectivity index (χ0) is 41.1. The summed E-state index contributed by atoms with van der Waals surface area (Å²) in [6, 6.07) is 13.1. The summed E-state index contributed by atoms with van der Waals surface area (Å²) >= 11 is 0. The summed E-state index contributed by atoms with van der Waals surface area (Å²) in [5.74, 6) is -4.68. The molecule has 2 aromatic heterocycles. The van der Waals surface area contributed by atoms with Crippen molar-refractivity contribution >= 4 is 23.6 Å². The van der Waals surface area contributed by atoms with E-state index in [2.05, 4.69) is 41.2 Å². The molecule has 4 aromatic rings. The minimum absolute atomic E-state index is 0.0345. The van der Waals surface area contributed by atoms with E-state index < -0.39 is 108 Å². The summed E-state index contributed by atoms with van der Waals surface area (Å²) in [6.45, 7) is 6.75. The standard InChI is InChI=1S/C38H50N8O10/c1-19(2)29(43-27(47)17-25-33(51)45-37(55)41-25)35(53)39-23(15-21-11-7-5-8-12-21)31(49)32(50)24(16-22-13-9-6-10-14-22)40-36(54)30(20(3)4)44-28(48)18-26-34(52)46-38(56)42-26/h5-14,19-20,23-24,29-32,49-52H,15-18H2,1-4H3,(H,39,53)(H,40,54)(H,43,47)(H,44,48)(H2,41,45,55)(H2,42,46,56)/t23-,24-,29-,30-,31+,32+/m0/s1. The van der Waals surface area contributed by atoms with Crippen LogP contribution in [0.3, 0.4) is 0 Å². The molecule has 302 valence electrons. The second-order valence-electron chi connectivity index (χ2n) is 14.3. The van der Waals surface area contributed by atoms with E-state index in [9.17, 15) is 49.2 Å². The monoisotopic (exact) mass is 778 g/mol. The number of imidazole rings is 2. The molecule has 2 aromatic carbocycles. The summed E-state index contributed by atoms with van der Waals surface area (Å²) in [7, 11) is 0. The molecule has 6 atom stereocenters. The van der Waals surface area contributed by atoms with Crippen molar-refractivity contribution in [3.63, 3.8) is 0 Å². The van der Waals surface area contributed by atoms with E-state index in [4.69, 9.17) is 0 Å². The highest BCUT2D eigenvalue weighted by molar-refractivity contribution is 5.89. The first-order chi connectivity index (χ1) is 26.5. The Morgan fingerprint density at radius 1 is 0.554 bits per heavy atom. The van der Waals surface area contributed by atoms with E-state index >= 15 is 0 Å². The van der Waals surface area contributed by atoms with Gasteiger partial charge in [0.25, 0.3) is 0 Å². The van der Waals surface area contributed by atoms with Gasteiger partial charge in [-0.2, -0.15) is 0 Å². The lowest BCUT2D eigenvalue weighted by atomic mass is 9.90. The largest absolute Gasteiger partial charge is 0.493 e. The molecule has 18 nitrogen and oxygen atoms in total. The van der Waals surface area contributed by atoms with Crippen molar-refractivity contribution in [2.75, 3.05) is 0 Å². The summed E-state index contributed by atoms with van der Waals surface area (Å²) < 4.78 is 0. The number of benzene rings is 2. The Morgan fingerprint density at radius 3 is 1.18 bits per heavy atom. The van der Waals surface area contributed by atoms with Crippen LogP contribution in [0.2, 0.25) is 0 Å². The van der Waals surface area contributed by atoms with Crippen molar-refractivity contribution < 1.29 is 39.6 Å². The molecule has 4 rings (SSSR count). The number of H-pyrrole nitrogens is 4. The molecule has 4 amide bonds. The predicted octanol–water partition coefficient (Wildman–Crippen LogP) is -0.626. The van der Waals surface area contributed by atoms with Gasteiger partial charge in [-0.25, -0.2) is 9.59 Å². The Bertz CT molecular complexity index is 1890. The molecule has 0 spiro atoms. The number of aromatic amines is 4. The van der Waals surface area contributed by atoms with Gasteiger partial charge in [0.2, 0.25) is 35.4 Å². The molecule has 0 saturated carbocycles. The maximum Gasteiger partial charge on any atom is 0.325 e. The number of amides is 4. The number of carbonyl (C=O) groups is 4. The predicted molar refractivity (Wildman–Crippen MR) is 203 cm³/mol. The highest BCUT2D eigenvalue weighted by atomic mass is 16.3. The number of nitrogens with one attached hydrogen (secondary N) is 8. The third-order valence-electron chi connectivity index (χ3n) is 9.20. The van der Waals surface area contributed by atoms with Crippen molar-refractivity contribution in [1.82, 2.24) is 41.2 Å². The number of rotatable bonds is 19. The number of hydrogen-bond donors (Lipinski definition) is 12. The fourth-order valence-electron chi connectivity index (χ4n) is 6.19. The average molecular weight is 779 g/mol. The molecule has 0 aliphatic heterocycles. The molecule has 12 N–H and O–H groups in total. The molecule has 0 aliphatic carbocycles. The van der Waals surface area contributed by atoms with E-state index in [1.165, 1.54) is 0 Å². The van der Waals surface area contributed by atoms with Crippen LogP contribution in [0.25, 0.3) is 0 Å². The fraction of sp³-hybridized carbons (Fsp3) is 0.421. The summed E-state index contributed by atoms with van der Waals surface area (Å²) in [5.41, 5.74) is -0.169. The highest BCUT2D eigenvalue weighted by Crippen LogP contribution is 2.17. The first-order valence-corrected chi connectivity index (χ1v) is 18.2. The zero-order valence-corrected chi connectivity index (χ0v) is 31.5. The number of hydrogen-bond acceptors (Lipinski definition) is 10. The van der Waals surface area contributed by atoms with Gasteiger partial charge in [-0.3, -0.25) is 29.1 Å². The first-order valence-electron chi connectivity index (χ1n) is 18.2. The minimum Gasteiger partial charge on any atom is -0.493 e. The molecule has 56 heavy (non-hydrogen) atoms. The van der Waals surface area contributed by atoms with Gasteiger partial charge in [0.05, 0.1) is 36.3 Å². The van der Waals surface area contributed by atoms with Gasteiger partial charge in [0.1, 0.15) is 24.3 Å². The van der Waals surface area contributed by atoms with Gasteiger partial charge in [0.15, 0.2) is 0 Å². The topological polar surface area (TPSA) is 295 Å². The van der Waals surface area contributed by atoms with Gasteiger partial charge in [0, 0.05) is 0 Å². The third-order valence-corrected chi connectivity index (χ3v) is 9.20. The quantitative estimate of drug-likeness (QED) is 0.0573. The molecule has 0 aliphatic rings. The van der Waals surface area contributed by atoms with Crippen molar-refractivity contribution in [2.45, 2.75) is 89.8 Å². The maximum absolute atomic E-state index is 13.9. The summed E-state index contributed by atoms with van der Waals surface area (Å²) in [4.78, 5) is 85.5. The Morgan fingerprint density at radius 2 is 0.893 bits per heavy atom. The smallest absolute Gasteiger partial charge is 0.325 e. The van der Waals surface area contributed by atoms with E-state index in [1.807, 2.05) is 0 Å². The molecule has 0 unspecified atom stereocenters. The summed E-state index contributed by atoms with van der Waals surface area (Å²) in [6.07, 6.45) is -4.21. The van der Waals surface area contributed by atoms with Crippen molar-refractivity contribution in [2.24, 2.45) is 11.8 Å². The average Bonchev–Trinajstić information content (AvgIpc) is 3.64. The van der Waals surface area contributed by atoms with Gasteiger partial charge in [-0.1, -0.05) is 88.4 Å². The maximum atomic E-state index is 13.9. The second-order valence-corrected chi connectivity index (χ2v) is 14.3. The molecule has 2 heterocycles. The molecule has 0 fully saturated rings. The second kappa shape index (κ2) is 19.4. The van der Waals surface area contributed by atoms with Crippen LogP contribution in [-0.2, 0) is 44.9 Å². The number of carbonyl (C=O) groups excluding carboxylic acids is 4. The number of aromatic nitrogens is 4. The van der Waals surface area contributed by atoms with Gasteiger partial charge in [-0.05, 0) is 35.8 Å². The van der Waals surface area contributed by atoms with Crippen LogP contribution < -0.4 is 32.6 Å². The SMILES string of the molecule is CC(C)[C@H](NC(=O)Cc1[nH]c(=O)[nH]c1O)C(=O)N[C@@H](Cc1ccccc1)[C@@H](O)[C@H](O)[C@H](Cc1ccccc1)NC(=O)[C@@H](NC(=O)Cc1[nH]c(=O)[nH]c1O)C(C)C.